The van der Waals surface area contributed by atoms with Crippen LogP contribution in [0.5, 0.6) is 0 Å². The van der Waals surface area contributed by atoms with Gasteiger partial charge in [-0.3, -0.25) is 9.52 Å². The van der Waals surface area contributed by atoms with E-state index in [0.717, 1.165) is 12.1 Å². The Morgan fingerprint density at radius 2 is 1.54 bits per heavy atom. The maximum atomic E-state index is 13.3. The number of rotatable bonds is 5. The summed E-state index contributed by atoms with van der Waals surface area (Å²) in [4.78, 5) is 11.8. The van der Waals surface area contributed by atoms with Gasteiger partial charge in [-0.15, -0.1) is 0 Å². The summed E-state index contributed by atoms with van der Waals surface area (Å²) >= 11 is 5.85. The van der Waals surface area contributed by atoms with Crippen LogP contribution in [0.25, 0.3) is 0 Å². The molecule has 3 aromatic rings. The van der Waals surface area contributed by atoms with Crippen molar-refractivity contribution in [2.24, 2.45) is 0 Å². The molecule has 5 nitrogen and oxygen atoms in total. The van der Waals surface area contributed by atoms with E-state index in [1.54, 1.807) is 18.2 Å². The Balaban J connectivity index is 1.72. The number of carbonyl (C=O) groups excluding carboxylic acids is 1. The van der Waals surface area contributed by atoms with Crippen LogP contribution in [-0.4, -0.2) is 14.3 Å². The number of hydrogen-bond donors (Lipinski definition) is 2. The number of sulfonamides is 1. The lowest BCUT2D eigenvalue weighted by atomic mass is 10.2. The molecule has 0 atom stereocenters. The molecule has 3 aromatic carbocycles. The Kier molecular flexibility index (Phi) is 5.62. The van der Waals surface area contributed by atoms with Crippen molar-refractivity contribution in [2.45, 2.75) is 4.90 Å². The number of hydrogen-bond acceptors (Lipinski definition) is 3. The molecule has 0 spiro atoms. The summed E-state index contributed by atoms with van der Waals surface area (Å²) in [5.74, 6) is -2.78. The summed E-state index contributed by atoms with van der Waals surface area (Å²) in [6.07, 6.45) is 0. The van der Waals surface area contributed by atoms with Crippen LogP contribution in [0.3, 0.4) is 0 Å². The van der Waals surface area contributed by atoms with Gasteiger partial charge in [0.2, 0.25) is 0 Å². The van der Waals surface area contributed by atoms with Gasteiger partial charge in [0.15, 0.2) is 11.6 Å². The van der Waals surface area contributed by atoms with Crippen molar-refractivity contribution in [3.63, 3.8) is 0 Å². The summed E-state index contributed by atoms with van der Waals surface area (Å²) < 4.78 is 53.0. The number of nitrogens with one attached hydrogen (secondary N) is 2. The molecule has 3 rings (SSSR count). The smallest absolute Gasteiger partial charge is 0.261 e. The molecular weight excluding hydrogens is 410 g/mol. The molecule has 0 bridgehead atoms. The van der Waals surface area contributed by atoms with Gasteiger partial charge < -0.3 is 5.32 Å². The van der Waals surface area contributed by atoms with Gasteiger partial charge in [-0.25, -0.2) is 17.2 Å². The Morgan fingerprint density at radius 3 is 2.18 bits per heavy atom. The molecule has 0 aliphatic heterocycles. The van der Waals surface area contributed by atoms with Gasteiger partial charge in [0.25, 0.3) is 15.9 Å². The van der Waals surface area contributed by atoms with Crippen LogP contribution in [-0.2, 0) is 10.0 Å². The first-order valence-corrected chi connectivity index (χ1v) is 9.75. The third-order valence-corrected chi connectivity index (χ3v) is 5.30. The Morgan fingerprint density at radius 1 is 0.857 bits per heavy atom. The van der Waals surface area contributed by atoms with Crippen LogP contribution in [0.1, 0.15) is 10.4 Å². The first-order valence-electron chi connectivity index (χ1n) is 7.89. The molecule has 0 saturated carbocycles. The van der Waals surface area contributed by atoms with Gasteiger partial charge >= 0.3 is 0 Å². The Labute approximate surface area is 165 Å². The largest absolute Gasteiger partial charge is 0.322 e. The molecule has 0 saturated heterocycles. The molecule has 0 radical (unpaired) electrons. The molecule has 144 valence electrons. The number of benzene rings is 3. The van der Waals surface area contributed by atoms with Crippen molar-refractivity contribution in [2.75, 3.05) is 10.0 Å². The standard InChI is InChI=1S/C19H13ClF2N2O3S/c20-13-3-1-2-12(10-13)19(25)23-14-4-6-15(7-5-14)24-28(26,27)16-8-9-17(21)18(22)11-16/h1-11,24H,(H,23,25). The lowest BCUT2D eigenvalue weighted by Crippen LogP contribution is -2.14. The van der Waals surface area contributed by atoms with Crippen LogP contribution in [0.4, 0.5) is 20.2 Å². The van der Waals surface area contributed by atoms with Crippen molar-refractivity contribution >= 4 is 38.9 Å². The zero-order chi connectivity index (χ0) is 20.3. The fraction of sp³-hybridized carbons (Fsp3) is 0. The molecular formula is C19H13ClF2N2O3S. The molecule has 0 unspecified atom stereocenters. The number of amides is 1. The predicted molar refractivity (Wildman–Crippen MR) is 103 cm³/mol. The highest BCUT2D eigenvalue weighted by Gasteiger charge is 2.17. The molecule has 0 aromatic heterocycles. The van der Waals surface area contributed by atoms with Gasteiger partial charge in [0.05, 0.1) is 4.90 Å². The molecule has 2 N–H and O–H groups in total. The monoisotopic (exact) mass is 422 g/mol. The highest BCUT2D eigenvalue weighted by Crippen LogP contribution is 2.20. The highest BCUT2D eigenvalue weighted by molar-refractivity contribution is 7.92. The minimum atomic E-state index is -4.09. The van der Waals surface area contributed by atoms with E-state index in [1.807, 2.05) is 0 Å². The van der Waals surface area contributed by atoms with E-state index in [0.29, 0.717) is 22.3 Å². The van der Waals surface area contributed by atoms with Crippen LogP contribution in [0.2, 0.25) is 5.02 Å². The van der Waals surface area contributed by atoms with Crippen LogP contribution in [0.15, 0.2) is 71.6 Å². The third-order valence-electron chi connectivity index (χ3n) is 3.68. The first kappa shape index (κ1) is 19.8. The zero-order valence-corrected chi connectivity index (χ0v) is 15.7. The van der Waals surface area contributed by atoms with Crippen LogP contribution < -0.4 is 10.0 Å². The van der Waals surface area contributed by atoms with Crippen molar-refractivity contribution in [1.82, 2.24) is 0 Å². The summed E-state index contributed by atoms with van der Waals surface area (Å²) in [5, 5.41) is 3.08. The minimum Gasteiger partial charge on any atom is -0.322 e. The number of anilines is 2. The molecule has 9 heteroatoms. The molecule has 0 fully saturated rings. The van der Waals surface area contributed by atoms with Crippen molar-refractivity contribution in [1.29, 1.82) is 0 Å². The Hall–Kier alpha value is -2.97. The van der Waals surface area contributed by atoms with E-state index in [4.69, 9.17) is 11.6 Å². The predicted octanol–water partition coefficient (Wildman–Crippen LogP) is 4.67. The summed E-state index contributed by atoms with van der Waals surface area (Å²) in [6.45, 7) is 0. The normalized spacial score (nSPS) is 11.1. The fourth-order valence-corrected chi connectivity index (χ4v) is 3.57. The average molecular weight is 423 g/mol. The quantitative estimate of drug-likeness (QED) is 0.627. The number of halogens is 3. The van der Waals surface area contributed by atoms with Crippen molar-refractivity contribution in [3.05, 3.63) is 89.0 Å². The zero-order valence-electron chi connectivity index (χ0n) is 14.1. The summed E-state index contributed by atoms with van der Waals surface area (Å²) in [7, 11) is -4.09. The first-order chi connectivity index (χ1) is 13.2. The summed E-state index contributed by atoms with van der Waals surface area (Å²) in [6, 6.07) is 14.5. The lowest BCUT2D eigenvalue weighted by Gasteiger charge is -2.10. The van der Waals surface area contributed by atoms with E-state index >= 15 is 0 Å². The van der Waals surface area contributed by atoms with Crippen molar-refractivity contribution in [3.8, 4) is 0 Å². The van der Waals surface area contributed by atoms with Gasteiger partial charge in [-0.2, -0.15) is 0 Å². The average Bonchev–Trinajstić information content (AvgIpc) is 2.65. The van der Waals surface area contributed by atoms with Gasteiger partial charge in [-0.05, 0) is 60.7 Å². The minimum absolute atomic E-state index is 0.186. The van der Waals surface area contributed by atoms with Gasteiger partial charge in [-0.1, -0.05) is 17.7 Å². The SMILES string of the molecule is O=C(Nc1ccc(NS(=O)(=O)c2ccc(F)c(F)c2)cc1)c1cccc(Cl)c1. The molecule has 0 aliphatic carbocycles. The van der Waals surface area contributed by atoms with Gasteiger partial charge in [0, 0.05) is 22.0 Å². The third kappa shape index (κ3) is 4.65. The molecule has 28 heavy (non-hydrogen) atoms. The second kappa shape index (κ2) is 7.95. The highest BCUT2D eigenvalue weighted by atomic mass is 35.5. The van der Waals surface area contributed by atoms with Crippen LogP contribution >= 0.6 is 11.6 Å². The van der Waals surface area contributed by atoms with Crippen LogP contribution in [0, 0.1) is 11.6 Å². The molecule has 0 aliphatic rings. The number of carbonyl (C=O) groups is 1. The molecule has 1 amide bonds. The second-order valence-electron chi connectivity index (χ2n) is 5.72. The van der Waals surface area contributed by atoms with E-state index in [-0.39, 0.29) is 11.6 Å². The van der Waals surface area contributed by atoms with E-state index in [2.05, 4.69) is 10.0 Å². The maximum Gasteiger partial charge on any atom is 0.261 e. The van der Waals surface area contributed by atoms with Gasteiger partial charge in [0.1, 0.15) is 0 Å². The van der Waals surface area contributed by atoms with E-state index < -0.39 is 26.6 Å². The maximum absolute atomic E-state index is 13.3. The molecule has 0 heterocycles. The van der Waals surface area contributed by atoms with Crippen molar-refractivity contribution < 1.29 is 22.0 Å². The van der Waals surface area contributed by atoms with E-state index in [9.17, 15) is 22.0 Å². The Bertz CT molecular complexity index is 1140. The fourth-order valence-electron chi connectivity index (χ4n) is 2.31. The lowest BCUT2D eigenvalue weighted by molar-refractivity contribution is 0.102. The second-order valence-corrected chi connectivity index (χ2v) is 7.84. The van der Waals surface area contributed by atoms with E-state index in [1.165, 1.54) is 30.3 Å². The topological polar surface area (TPSA) is 75.3 Å². The summed E-state index contributed by atoms with van der Waals surface area (Å²) in [5.41, 5.74) is 0.988.